The number of rotatable bonds is 9. The van der Waals surface area contributed by atoms with Gasteiger partial charge in [0.25, 0.3) is 5.91 Å². The predicted octanol–water partition coefficient (Wildman–Crippen LogP) is 7.85. The summed E-state index contributed by atoms with van der Waals surface area (Å²) in [6, 6.07) is 19.7. The molecule has 0 radical (unpaired) electrons. The van der Waals surface area contributed by atoms with Crippen molar-refractivity contribution in [3.63, 3.8) is 0 Å². The van der Waals surface area contributed by atoms with E-state index in [1.165, 1.54) is 34.6 Å². The van der Waals surface area contributed by atoms with Crippen molar-refractivity contribution in [1.82, 2.24) is 4.31 Å². The van der Waals surface area contributed by atoms with Crippen molar-refractivity contribution in [1.29, 1.82) is 5.26 Å². The fraction of sp³-hybridized carbons (Fsp3) is 0.133. The molecule has 0 aliphatic rings. The number of alkyl halides is 3. The van der Waals surface area contributed by atoms with E-state index in [9.17, 15) is 31.6 Å². The van der Waals surface area contributed by atoms with Crippen LogP contribution in [0.4, 0.5) is 18.9 Å². The van der Waals surface area contributed by atoms with E-state index in [1.54, 1.807) is 36.4 Å². The smallest absolute Gasteiger partial charge is 0.416 e. The first-order valence-corrected chi connectivity index (χ1v) is 14.7. The number of amides is 1. The standard InChI is InChI=1S/C30H22Cl2F3N3O4S/c1-19-5-10-26(11-6-19)43(40,41)38(17-20-7-12-27(31)28(32)13-20)18-25-9-8-24(42-25)14-21(16-36)29(39)37-23-4-2-3-22(15-23)30(33,34)35/h2-15H,17-18H2,1H3,(H,37,39)/b21-14-. The molecule has 0 saturated carbocycles. The minimum atomic E-state index is -4.61. The van der Waals surface area contributed by atoms with Gasteiger partial charge in [-0.1, -0.05) is 53.0 Å². The number of halogens is 5. The van der Waals surface area contributed by atoms with Crippen LogP contribution < -0.4 is 5.32 Å². The number of carbonyl (C=O) groups excluding carboxylic acids is 1. The van der Waals surface area contributed by atoms with E-state index in [2.05, 4.69) is 5.32 Å². The lowest BCUT2D eigenvalue weighted by molar-refractivity contribution is -0.137. The number of nitriles is 1. The van der Waals surface area contributed by atoms with Gasteiger partial charge >= 0.3 is 6.18 Å². The van der Waals surface area contributed by atoms with Gasteiger partial charge in [0.15, 0.2) is 0 Å². The van der Waals surface area contributed by atoms with E-state index in [4.69, 9.17) is 27.6 Å². The van der Waals surface area contributed by atoms with Crippen LogP contribution >= 0.6 is 23.2 Å². The summed E-state index contributed by atoms with van der Waals surface area (Å²) in [7, 11) is -4.03. The molecule has 0 bridgehead atoms. The van der Waals surface area contributed by atoms with Gasteiger partial charge in [0.2, 0.25) is 10.0 Å². The van der Waals surface area contributed by atoms with E-state index in [-0.39, 0.29) is 40.2 Å². The lowest BCUT2D eigenvalue weighted by atomic mass is 10.1. The highest BCUT2D eigenvalue weighted by Crippen LogP contribution is 2.31. The lowest BCUT2D eigenvalue weighted by Crippen LogP contribution is -2.30. The molecule has 0 fully saturated rings. The fourth-order valence-electron chi connectivity index (χ4n) is 3.92. The molecule has 13 heteroatoms. The average molecular weight is 648 g/mol. The van der Waals surface area contributed by atoms with Gasteiger partial charge in [-0.15, -0.1) is 0 Å². The molecule has 0 unspecified atom stereocenters. The van der Waals surface area contributed by atoms with Crippen LogP contribution in [0.2, 0.25) is 10.0 Å². The van der Waals surface area contributed by atoms with E-state index in [1.807, 2.05) is 6.92 Å². The number of sulfonamides is 1. The van der Waals surface area contributed by atoms with Crippen LogP contribution in [-0.4, -0.2) is 18.6 Å². The van der Waals surface area contributed by atoms with Crippen LogP contribution in [-0.2, 0) is 34.1 Å². The molecule has 0 saturated heterocycles. The molecule has 0 aliphatic carbocycles. The summed E-state index contributed by atoms with van der Waals surface area (Å²) in [6.45, 7) is 1.53. The monoisotopic (exact) mass is 647 g/mol. The molecule has 0 aliphatic heterocycles. The van der Waals surface area contributed by atoms with Gasteiger partial charge in [0, 0.05) is 18.3 Å². The Morgan fingerprint density at radius 2 is 1.72 bits per heavy atom. The quantitative estimate of drug-likeness (QED) is 0.147. The second-order valence-corrected chi connectivity index (χ2v) is 12.1. The maximum Gasteiger partial charge on any atom is 0.416 e. The summed E-state index contributed by atoms with van der Waals surface area (Å²) in [5.74, 6) is -0.714. The van der Waals surface area contributed by atoms with E-state index in [0.29, 0.717) is 10.6 Å². The van der Waals surface area contributed by atoms with E-state index >= 15 is 0 Å². The Bertz CT molecular complexity index is 1830. The lowest BCUT2D eigenvalue weighted by Gasteiger charge is -2.22. The van der Waals surface area contributed by atoms with Crippen molar-refractivity contribution < 1.29 is 30.8 Å². The minimum absolute atomic E-state index is 0.0490. The molecule has 1 N–H and O–H groups in total. The highest BCUT2D eigenvalue weighted by atomic mass is 35.5. The molecule has 43 heavy (non-hydrogen) atoms. The third kappa shape index (κ3) is 8.06. The maximum absolute atomic E-state index is 13.6. The number of carbonyl (C=O) groups is 1. The normalized spacial score (nSPS) is 12.3. The van der Waals surface area contributed by atoms with Crippen LogP contribution in [0.5, 0.6) is 0 Å². The second kappa shape index (κ2) is 13.1. The number of furan rings is 1. The van der Waals surface area contributed by atoms with Crippen LogP contribution in [0, 0.1) is 18.3 Å². The largest absolute Gasteiger partial charge is 0.460 e. The maximum atomic E-state index is 13.6. The summed E-state index contributed by atoms with van der Waals surface area (Å²) >= 11 is 12.2. The summed E-state index contributed by atoms with van der Waals surface area (Å²) in [4.78, 5) is 12.7. The summed E-state index contributed by atoms with van der Waals surface area (Å²) < 4.78 is 73.2. The number of benzene rings is 3. The zero-order chi connectivity index (χ0) is 31.4. The number of aryl methyl sites for hydroxylation is 1. The Morgan fingerprint density at radius 3 is 2.37 bits per heavy atom. The molecule has 4 rings (SSSR count). The first-order chi connectivity index (χ1) is 20.3. The Hall–Kier alpha value is -4.08. The van der Waals surface area contributed by atoms with Gasteiger partial charge in [-0.2, -0.15) is 22.7 Å². The third-order valence-electron chi connectivity index (χ3n) is 6.12. The molecule has 1 heterocycles. The molecular weight excluding hydrogens is 626 g/mol. The van der Waals surface area contributed by atoms with Gasteiger partial charge in [-0.3, -0.25) is 4.79 Å². The zero-order valence-corrected chi connectivity index (χ0v) is 24.7. The molecule has 0 atom stereocenters. The molecule has 3 aromatic carbocycles. The topological polar surface area (TPSA) is 103 Å². The highest BCUT2D eigenvalue weighted by Gasteiger charge is 2.30. The summed E-state index contributed by atoms with van der Waals surface area (Å²) in [5.41, 5.74) is -0.120. The fourth-order valence-corrected chi connectivity index (χ4v) is 5.64. The predicted molar refractivity (Wildman–Crippen MR) is 156 cm³/mol. The number of anilines is 1. The number of nitrogens with one attached hydrogen (secondary N) is 1. The first kappa shape index (κ1) is 31.8. The van der Waals surface area contributed by atoms with Crippen LogP contribution in [0.25, 0.3) is 6.08 Å². The first-order valence-electron chi connectivity index (χ1n) is 12.5. The van der Waals surface area contributed by atoms with Crippen LogP contribution in [0.3, 0.4) is 0 Å². The van der Waals surface area contributed by atoms with Gasteiger partial charge in [-0.25, -0.2) is 8.42 Å². The molecule has 1 amide bonds. The van der Waals surface area contributed by atoms with Crippen LogP contribution in [0.15, 0.2) is 93.7 Å². The molecule has 1 aromatic heterocycles. The molecule has 222 valence electrons. The summed E-state index contributed by atoms with van der Waals surface area (Å²) in [6.07, 6.45) is -3.51. The Morgan fingerprint density at radius 1 is 1.00 bits per heavy atom. The second-order valence-electron chi connectivity index (χ2n) is 9.34. The molecule has 0 spiro atoms. The number of hydrogen-bond acceptors (Lipinski definition) is 5. The van der Waals surface area contributed by atoms with Crippen molar-refractivity contribution in [3.8, 4) is 6.07 Å². The Labute approximate surface area is 255 Å². The molecule has 4 aromatic rings. The SMILES string of the molecule is Cc1ccc(S(=O)(=O)N(Cc2ccc(Cl)c(Cl)c2)Cc2ccc(/C=C(/C#N)C(=O)Nc3cccc(C(F)(F)F)c3)o2)cc1. The van der Waals surface area contributed by atoms with E-state index < -0.39 is 33.2 Å². The Kier molecular flexibility index (Phi) is 9.67. The zero-order valence-electron chi connectivity index (χ0n) is 22.3. The average Bonchev–Trinajstić information content (AvgIpc) is 3.40. The third-order valence-corrected chi connectivity index (χ3v) is 8.66. The van der Waals surface area contributed by atoms with Gasteiger partial charge in [-0.05, 0) is 67.1 Å². The van der Waals surface area contributed by atoms with Crippen LogP contribution in [0.1, 0.15) is 28.2 Å². The molecule has 7 nitrogen and oxygen atoms in total. The van der Waals surface area contributed by atoms with Crippen molar-refractivity contribution in [3.05, 3.63) is 123 Å². The van der Waals surface area contributed by atoms with Crippen molar-refractivity contribution >= 4 is 50.9 Å². The minimum Gasteiger partial charge on any atom is -0.460 e. The van der Waals surface area contributed by atoms with Crippen molar-refractivity contribution in [2.75, 3.05) is 5.32 Å². The Balaban J connectivity index is 1.58. The van der Waals surface area contributed by atoms with Gasteiger partial charge < -0.3 is 9.73 Å². The molecular formula is C30H22Cl2F3N3O4S. The number of hydrogen-bond donors (Lipinski definition) is 1. The highest BCUT2D eigenvalue weighted by molar-refractivity contribution is 7.89. The number of nitrogens with zero attached hydrogens (tertiary/aromatic N) is 2. The van der Waals surface area contributed by atoms with Crippen molar-refractivity contribution in [2.24, 2.45) is 0 Å². The van der Waals surface area contributed by atoms with Gasteiger partial charge in [0.1, 0.15) is 23.2 Å². The van der Waals surface area contributed by atoms with Gasteiger partial charge in [0.05, 0.1) is 27.0 Å². The van der Waals surface area contributed by atoms with Crippen molar-refractivity contribution in [2.45, 2.75) is 31.1 Å². The summed E-state index contributed by atoms with van der Waals surface area (Å²) in [5, 5.41) is 12.4. The van der Waals surface area contributed by atoms with E-state index in [0.717, 1.165) is 29.8 Å².